The van der Waals surface area contributed by atoms with Crippen molar-refractivity contribution in [3.8, 4) is 0 Å². The second kappa shape index (κ2) is 11.4. The number of benzene rings is 1. The normalized spacial score (nSPS) is 18.1. The largest absolute Gasteiger partial charge is 0.370 e. The number of hydrogen-bond acceptors (Lipinski definition) is 3. The zero-order valence-corrected chi connectivity index (χ0v) is 19.6. The van der Waals surface area contributed by atoms with E-state index in [9.17, 15) is 4.79 Å². The third-order valence-electron chi connectivity index (χ3n) is 5.07. The molecule has 0 spiro atoms. The van der Waals surface area contributed by atoms with Gasteiger partial charge in [0.1, 0.15) is 0 Å². The number of aliphatic imine (C=N–C) groups is 1. The minimum absolute atomic E-state index is 0. The lowest BCUT2D eigenvalue weighted by Crippen LogP contribution is -2.48. The van der Waals surface area contributed by atoms with Gasteiger partial charge in [0, 0.05) is 50.5 Å². The Morgan fingerprint density at radius 1 is 1.41 bits per heavy atom. The van der Waals surface area contributed by atoms with Gasteiger partial charge < -0.3 is 16.0 Å². The maximum atomic E-state index is 11.3. The van der Waals surface area contributed by atoms with Crippen LogP contribution in [0.4, 0.5) is 0 Å². The maximum absolute atomic E-state index is 11.3. The van der Waals surface area contributed by atoms with Crippen LogP contribution >= 0.6 is 35.6 Å². The monoisotopic (exact) mass is 530 g/mol. The fourth-order valence-electron chi connectivity index (χ4n) is 3.74. The number of primary amides is 1. The summed E-state index contributed by atoms with van der Waals surface area (Å²) < 4.78 is 1.93. The third-order valence-corrected chi connectivity index (χ3v) is 5.32. The van der Waals surface area contributed by atoms with Crippen LogP contribution in [-0.2, 0) is 4.79 Å². The molecule has 0 aliphatic carbocycles. The minimum Gasteiger partial charge on any atom is -0.370 e. The second-order valence-electron chi connectivity index (χ2n) is 7.11. The molecule has 29 heavy (non-hydrogen) atoms. The molecule has 1 aliphatic heterocycles. The molecule has 0 bridgehead atoms. The molecule has 2 aromatic rings. The standard InChI is InChI=1S/C20H27ClN6O.HI/c1-23-20(26-10-2-4-15(14-26)12-19(22)28)24-13-18(27-11-3-9-25-27)16-5-7-17(21)8-6-16;/h3,5-9,11,15,18H,2,4,10,12-14H2,1H3,(H2,22,28)(H,23,24);1H. The molecule has 7 nitrogen and oxygen atoms in total. The summed E-state index contributed by atoms with van der Waals surface area (Å²) in [4.78, 5) is 17.9. The number of nitrogens with zero attached hydrogens (tertiary/aromatic N) is 4. The van der Waals surface area contributed by atoms with Crippen molar-refractivity contribution in [1.82, 2.24) is 20.0 Å². The summed E-state index contributed by atoms with van der Waals surface area (Å²) in [5.41, 5.74) is 6.49. The van der Waals surface area contributed by atoms with Gasteiger partial charge in [0.2, 0.25) is 5.91 Å². The highest BCUT2D eigenvalue weighted by atomic mass is 127. The SMILES string of the molecule is CN=C(NCC(c1ccc(Cl)cc1)n1cccn1)N1CCCC(CC(N)=O)C1.I. The second-order valence-corrected chi connectivity index (χ2v) is 7.54. The molecule has 0 radical (unpaired) electrons. The Hall–Kier alpha value is -1.81. The van der Waals surface area contributed by atoms with Gasteiger partial charge in [-0.2, -0.15) is 5.10 Å². The average Bonchev–Trinajstić information content (AvgIpc) is 3.20. The van der Waals surface area contributed by atoms with E-state index in [1.165, 1.54) is 0 Å². The van der Waals surface area contributed by atoms with Gasteiger partial charge in [-0.05, 0) is 42.5 Å². The summed E-state index contributed by atoms with van der Waals surface area (Å²) in [7, 11) is 1.78. The van der Waals surface area contributed by atoms with Crippen molar-refractivity contribution < 1.29 is 4.79 Å². The number of halogens is 2. The van der Waals surface area contributed by atoms with Gasteiger partial charge in [0.15, 0.2) is 5.96 Å². The van der Waals surface area contributed by atoms with E-state index >= 15 is 0 Å². The summed E-state index contributed by atoms with van der Waals surface area (Å²) in [6.07, 6.45) is 6.20. The minimum atomic E-state index is -0.240. The van der Waals surface area contributed by atoms with Crippen LogP contribution in [0.15, 0.2) is 47.7 Å². The molecule has 1 amide bonds. The molecular weight excluding hydrogens is 503 g/mol. The lowest BCUT2D eigenvalue weighted by Gasteiger charge is -2.35. The molecule has 0 saturated carbocycles. The molecule has 1 aliphatic rings. The van der Waals surface area contributed by atoms with E-state index in [4.69, 9.17) is 17.3 Å². The van der Waals surface area contributed by atoms with E-state index in [2.05, 4.69) is 20.3 Å². The molecule has 2 atom stereocenters. The zero-order valence-electron chi connectivity index (χ0n) is 16.5. The Bertz CT molecular complexity index is 796. The van der Waals surface area contributed by atoms with Crippen molar-refractivity contribution in [2.45, 2.75) is 25.3 Å². The first-order chi connectivity index (χ1) is 13.6. The highest BCUT2D eigenvalue weighted by molar-refractivity contribution is 14.0. The number of hydrogen-bond donors (Lipinski definition) is 2. The maximum Gasteiger partial charge on any atom is 0.217 e. The number of piperidine rings is 1. The highest BCUT2D eigenvalue weighted by Crippen LogP contribution is 2.21. The first kappa shape index (κ1) is 23.5. The van der Waals surface area contributed by atoms with Gasteiger partial charge in [-0.1, -0.05) is 23.7 Å². The molecular formula is C20H28ClIN6O. The van der Waals surface area contributed by atoms with Crippen molar-refractivity contribution in [1.29, 1.82) is 0 Å². The molecule has 2 heterocycles. The fourth-order valence-corrected chi connectivity index (χ4v) is 3.87. The van der Waals surface area contributed by atoms with Crippen molar-refractivity contribution in [3.63, 3.8) is 0 Å². The van der Waals surface area contributed by atoms with E-state index in [-0.39, 0.29) is 41.8 Å². The summed E-state index contributed by atoms with van der Waals surface area (Å²) in [5, 5.41) is 8.60. The van der Waals surface area contributed by atoms with E-state index < -0.39 is 0 Å². The number of nitrogens with two attached hydrogens (primary N) is 1. The summed E-state index contributed by atoms with van der Waals surface area (Å²) >= 11 is 6.05. The van der Waals surface area contributed by atoms with E-state index in [1.54, 1.807) is 13.2 Å². The number of aromatic nitrogens is 2. The molecule has 1 aromatic carbocycles. The van der Waals surface area contributed by atoms with Crippen LogP contribution in [0.1, 0.15) is 30.9 Å². The molecule has 3 N–H and O–H groups in total. The fraction of sp³-hybridized carbons (Fsp3) is 0.450. The predicted octanol–water partition coefficient (Wildman–Crippen LogP) is 2.91. The lowest BCUT2D eigenvalue weighted by molar-refractivity contribution is -0.119. The van der Waals surface area contributed by atoms with Gasteiger partial charge >= 0.3 is 0 Å². The summed E-state index contributed by atoms with van der Waals surface area (Å²) in [6.45, 7) is 2.34. The van der Waals surface area contributed by atoms with E-state index in [0.29, 0.717) is 18.0 Å². The Labute approximate surface area is 193 Å². The predicted molar refractivity (Wildman–Crippen MR) is 127 cm³/mol. The number of carbonyl (C=O) groups is 1. The van der Waals surface area contributed by atoms with Gasteiger partial charge in [0.25, 0.3) is 0 Å². The van der Waals surface area contributed by atoms with Gasteiger partial charge in [0.05, 0.1) is 6.04 Å². The molecule has 1 saturated heterocycles. The van der Waals surface area contributed by atoms with Crippen molar-refractivity contribution in [2.75, 3.05) is 26.7 Å². The molecule has 1 fully saturated rings. The Morgan fingerprint density at radius 3 is 2.79 bits per heavy atom. The molecule has 1 aromatic heterocycles. The van der Waals surface area contributed by atoms with E-state index in [1.807, 2.05) is 41.2 Å². The Morgan fingerprint density at radius 2 is 2.17 bits per heavy atom. The first-order valence-electron chi connectivity index (χ1n) is 9.55. The summed E-state index contributed by atoms with van der Waals surface area (Å²) in [6, 6.07) is 9.74. The van der Waals surface area contributed by atoms with Crippen LogP contribution in [0.2, 0.25) is 5.02 Å². The molecule has 158 valence electrons. The average molecular weight is 531 g/mol. The smallest absolute Gasteiger partial charge is 0.217 e. The van der Waals surface area contributed by atoms with Gasteiger partial charge in [-0.25, -0.2) is 0 Å². The highest BCUT2D eigenvalue weighted by Gasteiger charge is 2.24. The third kappa shape index (κ3) is 6.60. The van der Waals surface area contributed by atoms with Crippen molar-refractivity contribution in [2.24, 2.45) is 16.6 Å². The van der Waals surface area contributed by atoms with Crippen molar-refractivity contribution >= 4 is 47.4 Å². The number of rotatable bonds is 6. The molecule has 9 heteroatoms. The van der Waals surface area contributed by atoms with Crippen molar-refractivity contribution in [3.05, 3.63) is 53.3 Å². The summed E-state index contributed by atoms with van der Waals surface area (Å²) in [5.74, 6) is 0.875. The number of carbonyl (C=O) groups excluding carboxylic acids is 1. The van der Waals surface area contributed by atoms with Crippen LogP contribution in [0, 0.1) is 5.92 Å². The number of nitrogens with one attached hydrogen (secondary N) is 1. The molecule has 2 unspecified atom stereocenters. The van der Waals surface area contributed by atoms with Crippen LogP contribution in [0.25, 0.3) is 0 Å². The van der Waals surface area contributed by atoms with Crippen LogP contribution in [-0.4, -0.2) is 53.2 Å². The van der Waals surface area contributed by atoms with Crippen LogP contribution in [0.3, 0.4) is 0 Å². The zero-order chi connectivity index (χ0) is 19.9. The Balaban J connectivity index is 0.00000300. The van der Waals surface area contributed by atoms with Crippen LogP contribution in [0.5, 0.6) is 0 Å². The Kier molecular flexibility index (Phi) is 9.22. The number of likely N-dealkylation sites (tertiary alicyclic amines) is 1. The first-order valence-corrected chi connectivity index (χ1v) is 9.93. The number of guanidine groups is 1. The quantitative estimate of drug-likeness (QED) is 0.342. The van der Waals surface area contributed by atoms with Gasteiger partial charge in [-0.15, -0.1) is 24.0 Å². The topological polar surface area (TPSA) is 88.5 Å². The van der Waals surface area contributed by atoms with Crippen LogP contribution < -0.4 is 11.1 Å². The number of amides is 1. The molecule has 3 rings (SSSR count). The van der Waals surface area contributed by atoms with Gasteiger partial charge in [-0.3, -0.25) is 14.5 Å². The lowest BCUT2D eigenvalue weighted by atomic mass is 9.95. The van der Waals surface area contributed by atoms with E-state index in [0.717, 1.165) is 37.5 Å².